The SMILES string of the molecule is CCOC(=O)C(CC)C(=O)Nc1cc(F)cc(F)c1.CCc1c(-c2ccccn2)nc2cc(F)cc(F)c2c1Nc1cc(N2CCOCC2)cnc1N1CCOCC1. The summed E-state index contributed by atoms with van der Waals surface area (Å²) in [5.74, 6) is -4.51. The van der Waals surface area contributed by atoms with Crippen molar-refractivity contribution in [1.29, 1.82) is 0 Å². The van der Waals surface area contributed by atoms with Crippen molar-refractivity contribution in [3.63, 3.8) is 0 Å². The van der Waals surface area contributed by atoms with Crippen molar-refractivity contribution in [1.82, 2.24) is 15.0 Å². The van der Waals surface area contributed by atoms with Gasteiger partial charge in [0.15, 0.2) is 5.82 Å². The number of morpholine rings is 2. The fraction of sp³-hybridized carbons (Fsp3) is 0.357. The number of anilines is 5. The van der Waals surface area contributed by atoms with Crippen LogP contribution < -0.4 is 20.4 Å². The predicted octanol–water partition coefficient (Wildman–Crippen LogP) is 7.44. The van der Waals surface area contributed by atoms with Crippen LogP contribution in [0.15, 0.2) is 67.0 Å². The Labute approximate surface area is 333 Å². The van der Waals surface area contributed by atoms with Crippen molar-refractivity contribution in [3.05, 3.63) is 95.8 Å². The molecule has 0 saturated carbocycles. The number of amides is 1. The smallest absolute Gasteiger partial charge is 0.318 e. The van der Waals surface area contributed by atoms with E-state index in [2.05, 4.69) is 31.5 Å². The molecule has 2 aliphatic rings. The van der Waals surface area contributed by atoms with Gasteiger partial charge in [-0.05, 0) is 50.1 Å². The van der Waals surface area contributed by atoms with Gasteiger partial charge >= 0.3 is 5.97 Å². The van der Waals surface area contributed by atoms with Gasteiger partial charge < -0.3 is 34.6 Å². The Hall–Kier alpha value is -5.87. The van der Waals surface area contributed by atoms with Crippen LogP contribution in [0.2, 0.25) is 0 Å². The van der Waals surface area contributed by atoms with E-state index >= 15 is 4.39 Å². The van der Waals surface area contributed by atoms with Crippen molar-refractivity contribution in [2.45, 2.75) is 33.6 Å². The van der Waals surface area contributed by atoms with Crippen LogP contribution in [0.5, 0.6) is 0 Å². The van der Waals surface area contributed by atoms with Gasteiger partial charge in [0.1, 0.15) is 29.2 Å². The number of carbonyl (C=O) groups excluding carboxylic acids is 2. The van der Waals surface area contributed by atoms with Crippen LogP contribution in [0.3, 0.4) is 0 Å². The fourth-order valence-corrected chi connectivity index (χ4v) is 6.80. The molecule has 306 valence electrons. The zero-order valence-electron chi connectivity index (χ0n) is 32.5. The number of esters is 1. The van der Waals surface area contributed by atoms with Crippen molar-refractivity contribution in [3.8, 4) is 11.4 Å². The summed E-state index contributed by atoms with van der Waals surface area (Å²) >= 11 is 0. The van der Waals surface area contributed by atoms with Crippen LogP contribution >= 0.6 is 0 Å². The summed E-state index contributed by atoms with van der Waals surface area (Å²) in [5, 5.41) is 6.08. The number of benzene rings is 2. The quantitative estimate of drug-likeness (QED) is 0.0785. The highest BCUT2D eigenvalue weighted by molar-refractivity contribution is 6.04. The van der Waals surface area contributed by atoms with Crippen molar-refractivity contribution in [2.75, 3.05) is 79.6 Å². The van der Waals surface area contributed by atoms with Gasteiger partial charge in [0.2, 0.25) is 5.91 Å². The standard InChI is InChI=1S/C29H30F2N6O2.C13H15F2NO3/c1-2-21-27(23-5-3-4-6-32-23)34-24-16-19(30)15-22(31)26(24)28(21)35-25-17-20(36-7-11-38-12-8-36)18-33-29(25)37-9-13-39-14-10-37;1-3-11(13(18)19-4-2)12(17)16-10-6-8(14)5-9(15)7-10/h3-6,15-18H,2,7-14H2,1H3,(H,34,35);5-7,11H,3-4H2,1-2H3,(H,16,17). The summed E-state index contributed by atoms with van der Waals surface area (Å²) in [5.41, 5.74) is 4.42. The Kier molecular flexibility index (Phi) is 14.1. The number of fused-ring (bicyclic) bond motifs is 1. The number of pyridine rings is 3. The monoisotopic (exact) mass is 803 g/mol. The molecule has 2 fully saturated rings. The number of hydrogen-bond acceptors (Lipinski definition) is 11. The van der Waals surface area contributed by atoms with Crippen LogP contribution in [-0.4, -0.2) is 86.0 Å². The molecule has 0 spiro atoms. The van der Waals surface area contributed by atoms with E-state index in [1.165, 1.54) is 6.07 Å². The number of ether oxygens (including phenoxy) is 3. The van der Waals surface area contributed by atoms with Gasteiger partial charge in [0, 0.05) is 61.8 Å². The van der Waals surface area contributed by atoms with Gasteiger partial charge in [-0.1, -0.05) is 19.9 Å². The van der Waals surface area contributed by atoms with E-state index in [1.54, 1.807) is 20.0 Å². The predicted molar refractivity (Wildman–Crippen MR) is 213 cm³/mol. The first-order valence-electron chi connectivity index (χ1n) is 19.2. The fourth-order valence-electron chi connectivity index (χ4n) is 6.80. The van der Waals surface area contributed by atoms with E-state index in [0.29, 0.717) is 69.1 Å². The molecule has 3 aromatic heterocycles. The second-order valence-electron chi connectivity index (χ2n) is 13.4. The molecule has 1 amide bonds. The third-order valence-corrected chi connectivity index (χ3v) is 9.59. The number of hydrogen-bond donors (Lipinski definition) is 2. The van der Waals surface area contributed by atoms with Crippen molar-refractivity contribution < 1.29 is 41.4 Å². The molecule has 0 aliphatic carbocycles. The molecule has 0 radical (unpaired) electrons. The number of halogens is 4. The molecule has 5 heterocycles. The molecule has 5 aromatic rings. The molecule has 16 heteroatoms. The molecule has 2 N–H and O–H groups in total. The minimum Gasteiger partial charge on any atom is -0.465 e. The number of aromatic nitrogens is 3. The molecule has 2 aliphatic heterocycles. The number of rotatable bonds is 11. The van der Waals surface area contributed by atoms with Gasteiger partial charge in [0.05, 0.1) is 78.6 Å². The van der Waals surface area contributed by atoms with Crippen LogP contribution in [0.1, 0.15) is 32.8 Å². The van der Waals surface area contributed by atoms with Crippen molar-refractivity contribution >= 4 is 51.3 Å². The maximum absolute atomic E-state index is 15.5. The molecular formula is C42H45F4N7O5. The van der Waals surface area contributed by atoms with Gasteiger partial charge in [-0.3, -0.25) is 14.6 Å². The van der Waals surface area contributed by atoms with Crippen LogP contribution in [0.25, 0.3) is 22.3 Å². The maximum Gasteiger partial charge on any atom is 0.318 e. The summed E-state index contributed by atoms with van der Waals surface area (Å²) in [6.45, 7) is 10.8. The number of nitrogens with zero attached hydrogens (tertiary/aromatic N) is 5. The molecule has 58 heavy (non-hydrogen) atoms. The highest BCUT2D eigenvalue weighted by atomic mass is 19.1. The summed E-state index contributed by atoms with van der Waals surface area (Å²) < 4.78 is 71.6. The van der Waals surface area contributed by atoms with E-state index in [1.807, 2.05) is 31.3 Å². The van der Waals surface area contributed by atoms with E-state index < -0.39 is 41.1 Å². The first kappa shape index (κ1) is 41.8. The minimum absolute atomic E-state index is 0.0368. The number of nitrogens with one attached hydrogen (secondary N) is 2. The molecule has 1 unspecified atom stereocenters. The molecule has 7 rings (SSSR count). The molecule has 0 bridgehead atoms. The molecular weight excluding hydrogens is 758 g/mol. The first-order valence-corrected chi connectivity index (χ1v) is 19.2. The Balaban J connectivity index is 0.000000252. The van der Waals surface area contributed by atoms with E-state index in [9.17, 15) is 22.8 Å². The topological polar surface area (TPSA) is 131 Å². The average Bonchev–Trinajstić information content (AvgIpc) is 3.21. The van der Waals surface area contributed by atoms with Crippen LogP contribution in [0, 0.1) is 29.2 Å². The third kappa shape index (κ3) is 9.98. The molecule has 1 atom stereocenters. The summed E-state index contributed by atoms with van der Waals surface area (Å²) in [6, 6.07) is 12.4. The lowest BCUT2D eigenvalue weighted by molar-refractivity contribution is -0.151. The van der Waals surface area contributed by atoms with E-state index in [4.69, 9.17) is 24.2 Å². The Bertz CT molecular complexity index is 2200. The zero-order chi connectivity index (χ0) is 41.2. The molecule has 2 saturated heterocycles. The maximum atomic E-state index is 15.5. The van der Waals surface area contributed by atoms with E-state index in [0.717, 1.165) is 54.0 Å². The number of carbonyl (C=O) groups is 2. The average molecular weight is 804 g/mol. The third-order valence-electron chi connectivity index (χ3n) is 9.59. The van der Waals surface area contributed by atoms with Gasteiger partial charge in [-0.2, -0.15) is 0 Å². The zero-order valence-corrected chi connectivity index (χ0v) is 32.5. The lowest BCUT2D eigenvalue weighted by Gasteiger charge is -2.32. The second-order valence-corrected chi connectivity index (χ2v) is 13.4. The Morgan fingerprint density at radius 1 is 0.845 bits per heavy atom. The Morgan fingerprint density at radius 3 is 2.14 bits per heavy atom. The summed E-state index contributed by atoms with van der Waals surface area (Å²) in [4.78, 5) is 41.8. The minimum atomic E-state index is -0.994. The van der Waals surface area contributed by atoms with Crippen LogP contribution in [0.4, 0.5) is 46.1 Å². The normalized spacial score (nSPS) is 14.7. The van der Waals surface area contributed by atoms with Gasteiger partial charge in [-0.15, -0.1) is 0 Å². The van der Waals surface area contributed by atoms with Crippen LogP contribution in [-0.2, 0) is 30.2 Å². The first-order chi connectivity index (χ1) is 28.1. The van der Waals surface area contributed by atoms with Crippen molar-refractivity contribution in [2.24, 2.45) is 5.92 Å². The van der Waals surface area contributed by atoms with Gasteiger partial charge in [0.25, 0.3) is 0 Å². The highest BCUT2D eigenvalue weighted by Crippen LogP contribution is 2.40. The van der Waals surface area contributed by atoms with E-state index in [-0.39, 0.29) is 29.6 Å². The molecule has 2 aromatic carbocycles. The second kappa shape index (κ2) is 19.5. The summed E-state index contributed by atoms with van der Waals surface area (Å²) in [6.07, 6.45) is 4.36. The highest BCUT2D eigenvalue weighted by Gasteiger charge is 2.27. The lowest BCUT2D eigenvalue weighted by Crippen LogP contribution is -2.38. The Morgan fingerprint density at radius 2 is 1.52 bits per heavy atom. The van der Waals surface area contributed by atoms with Gasteiger partial charge in [-0.25, -0.2) is 27.5 Å². The molecule has 12 nitrogen and oxygen atoms in total. The largest absolute Gasteiger partial charge is 0.465 e. The summed E-state index contributed by atoms with van der Waals surface area (Å²) in [7, 11) is 0. The lowest BCUT2D eigenvalue weighted by atomic mass is 10.0.